The van der Waals surface area contributed by atoms with Crippen LogP contribution in [-0.2, 0) is 15.6 Å². The molecule has 0 fully saturated rings. The lowest BCUT2D eigenvalue weighted by Crippen LogP contribution is -2.13. The van der Waals surface area contributed by atoms with E-state index in [0.717, 1.165) is 26.9 Å². The minimum Gasteiger partial charge on any atom is -0.479 e. The Morgan fingerprint density at radius 1 is 1.00 bits per heavy atom. The van der Waals surface area contributed by atoms with Gasteiger partial charge in [-0.05, 0) is 65.3 Å². The number of hydrogen-bond donors (Lipinski definition) is 0. The van der Waals surface area contributed by atoms with Gasteiger partial charge in [0.2, 0.25) is 0 Å². The molecule has 3 rings (SSSR count). The van der Waals surface area contributed by atoms with E-state index in [1.54, 1.807) is 0 Å². The lowest BCUT2D eigenvalue weighted by Gasteiger charge is -2.15. The second-order valence-corrected chi connectivity index (χ2v) is 10.7. The van der Waals surface area contributed by atoms with Gasteiger partial charge in [-0.3, -0.25) is 4.79 Å². The molecule has 0 aliphatic carbocycles. The molecule has 30 heavy (non-hydrogen) atoms. The van der Waals surface area contributed by atoms with E-state index in [9.17, 15) is 4.79 Å². The fraction of sp³-hybridized carbons (Fsp3) is 0.320. The van der Waals surface area contributed by atoms with E-state index in [1.807, 2.05) is 32.9 Å². The van der Waals surface area contributed by atoms with E-state index in [2.05, 4.69) is 56.3 Å². The maximum absolute atomic E-state index is 11.9. The van der Waals surface area contributed by atoms with Crippen molar-refractivity contribution in [2.24, 2.45) is 5.41 Å². The summed E-state index contributed by atoms with van der Waals surface area (Å²) in [5.74, 6) is -0.202. The van der Waals surface area contributed by atoms with Crippen molar-refractivity contribution in [1.29, 1.82) is 0 Å². The summed E-state index contributed by atoms with van der Waals surface area (Å²) in [7, 11) is 0. The average molecular weight is 441 g/mol. The second kappa shape index (κ2) is 9.71. The third-order valence-electron chi connectivity index (χ3n) is 4.53. The SMILES string of the molecule is Cc1cccc(C)c1-c1cccc(COc2ccc(SOC(=O)CC(C)(C)C)s2)c1. The first-order valence-corrected chi connectivity index (χ1v) is 11.5. The van der Waals surface area contributed by atoms with Gasteiger partial charge in [0.05, 0.1) is 6.42 Å². The molecule has 3 nitrogen and oxygen atoms in total. The molecular weight excluding hydrogens is 412 g/mol. The maximum atomic E-state index is 11.9. The molecule has 0 atom stereocenters. The van der Waals surface area contributed by atoms with Crippen LogP contribution in [0.1, 0.15) is 43.9 Å². The molecule has 5 heteroatoms. The molecular formula is C25H28O3S2. The number of carbonyl (C=O) groups excluding carboxylic acids is 1. The zero-order valence-electron chi connectivity index (χ0n) is 18.2. The summed E-state index contributed by atoms with van der Waals surface area (Å²) in [5.41, 5.74) is 6.08. The third kappa shape index (κ3) is 6.38. The van der Waals surface area contributed by atoms with Crippen molar-refractivity contribution in [3.63, 3.8) is 0 Å². The van der Waals surface area contributed by atoms with E-state index in [4.69, 9.17) is 8.92 Å². The number of carbonyl (C=O) groups is 1. The van der Waals surface area contributed by atoms with Crippen molar-refractivity contribution in [3.05, 3.63) is 71.3 Å². The zero-order chi connectivity index (χ0) is 21.7. The molecule has 0 aliphatic heterocycles. The number of benzene rings is 2. The first-order chi connectivity index (χ1) is 14.2. The van der Waals surface area contributed by atoms with Crippen LogP contribution in [0.3, 0.4) is 0 Å². The molecule has 0 amide bonds. The summed E-state index contributed by atoms with van der Waals surface area (Å²) in [5, 5.41) is 0.807. The lowest BCUT2D eigenvalue weighted by molar-refractivity contribution is -0.134. The van der Waals surface area contributed by atoms with Crippen LogP contribution in [0.25, 0.3) is 11.1 Å². The van der Waals surface area contributed by atoms with E-state index in [0.29, 0.717) is 13.0 Å². The molecule has 0 N–H and O–H groups in total. The predicted octanol–water partition coefficient (Wildman–Crippen LogP) is 7.60. The predicted molar refractivity (Wildman–Crippen MR) is 126 cm³/mol. The van der Waals surface area contributed by atoms with Gasteiger partial charge in [-0.15, -0.1) is 0 Å². The highest BCUT2D eigenvalue weighted by Crippen LogP contribution is 2.34. The van der Waals surface area contributed by atoms with Crippen LogP contribution in [0.4, 0.5) is 0 Å². The summed E-state index contributed by atoms with van der Waals surface area (Å²) >= 11 is 2.58. The number of hydrogen-bond acceptors (Lipinski definition) is 5. The summed E-state index contributed by atoms with van der Waals surface area (Å²) in [6, 6.07) is 18.7. The Bertz CT molecular complexity index is 995. The summed E-state index contributed by atoms with van der Waals surface area (Å²) in [6.45, 7) is 10.8. The number of rotatable bonds is 7. The van der Waals surface area contributed by atoms with Gasteiger partial charge in [-0.2, -0.15) is 0 Å². The number of thiophene rings is 1. The number of ether oxygens (including phenoxy) is 1. The van der Waals surface area contributed by atoms with Crippen molar-refractivity contribution >= 4 is 29.3 Å². The van der Waals surface area contributed by atoms with E-state index >= 15 is 0 Å². The summed E-state index contributed by atoms with van der Waals surface area (Å²) in [4.78, 5) is 11.9. The molecule has 1 aromatic heterocycles. The van der Waals surface area contributed by atoms with Gasteiger partial charge in [0.1, 0.15) is 22.9 Å². The average Bonchev–Trinajstić information content (AvgIpc) is 3.12. The quantitative estimate of drug-likeness (QED) is 0.354. The molecule has 0 unspecified atom stereocenters. The largest absolute Gasteiger partial charge is 0.479 e. The fourth-order valence-corrected chi connectivity index (χ4v) is 4.65. The molecule has 0 aliphatic rings. The van der Waals surface area contributed by atoms with Crippen LogP contribution < -0.4 is 4.74 Å². The maximum Gasteiger partial charge on any atom is 0.318 e. The second-order valence-electron chi connectivity index (χ2n) is 8.61. The lowest BCUT2D eigenvalue weighted by atomic mass is 9.93. The van der Waals surface area contributed by atoms with Gasteiger partial charge in [-0.1, -0.05) is 68.5 Å². The van der Waals surface area contributed by atoms with E-state index in [-0.39, 0.29) is 11.4 Å². The number of aryl methyl sites for hydroxylation is 2. The zero-order valence-corrected chi connectivity index (χ0v) is 19.8. The van der Waals surface area contributed by atoms with Crippen LogP contribution in [0, 0.1) is 19.3 Å². The molecule has 0 spiro atoms. The Kier molecular flexibility index (Phi) is 7.27. The highest BCUT2D eigenvalue weighted by molar-refractivity contribution is 7.97. The van der Waals surface area contributed by atoms with Gasteiger partial charge in [0.15, 0.2) is 5.06 Å². The Hall–Kier alpha value is -2.24. The monoisotopic (exact) mass is 440 g/mol. The van der Waals surface area contributed by atoms with Crippen molar-refractivity contribution in [1.82, 2.24) is 0 Å². The minimum atomic E-state index is -0.202. The topological polar surface area (TPSA) is 35.5 Å². The van der Waals surface area contributed by atoms with Crippen molar-refractivity contribution in [2.45, 2.75) is 51.9 Å². The van der Waals surface area contributed by atoms with Gasteiger partial charge in [-0.25, -0.2) is 0 Å². The Morgan fingerprint density at radius 2 is 1.70 bits per heavy atom. The standard InChI is InChI=1S/C25H28O3S2/c1-17-8-6-9-18(2)24(17)20-11-7-10-19(14-20)16-27-22-12-13-23(29-22)30-28-21(26)15-25(3,4)5/h6-14H,15-16H2,1-5H3. The molecule has 1 heterocycles. The normalized spacial score (nSPS) is 11.4. The molecule has 3 aromatic rings. The van der Waals surface area contributed by atoms with Gasteiger partial charge in [0.25, 0.3) is 0 Å². The van der Waals surface area contributed by atoms with Crippen LogP contribution >= 0.6 is 23.4 Å². The molecule has 158 valence electrons. The first kappa shape index (κ1) is 22.4. The summed E-state index contributed by atoms with van der Waals surface area (Å²) < 4.78 is 12.2. The van der Waals surface area contributed by atoms with Crippen LogP contribution in [-0.4, -0.2) is 5.97 Å². The molecule has 0 saturated heterocycles. The molecule has 0 saturated carbocycles. The molecule has 0 radical (unpaired) electrons. The Labute approximate surface area is 187 Å². The van der Waals surface area contributed by atoms with E-state index in [1.165, 1.54) is 33.6 Å². The first-order valence-electron chi connectivity index (χ1n) is 9.97. The third-order valence-corrected chi connectivity index (χ3v) is 6.34. The van der Waals surface area contributed by atoms with Crippen LogP contribution in [0.5, 0.6) is 5.06 Å². The highest BCUT2D eigenvalue weighted by atomic mass is 32.2. The van der Waals surface area contributed by atoms with Crippen molar-refractivity contribution in [2.75, 3.05) is 0 Å². The Morgan fingerprint density at radius 3 is 2.40 bits per heavy atom. The van der Waals surface area contributed by atoms with Crippen LogP contribution in [0.15, 0.2) is 58.8 Å². The fourth-order valence-electron chi connectivity index (χ4n) is 3.22. The van der Waals surface area contributed by atoms with Gasteiger partial charge < -0.3 is 8.92 Å². The van der Waals surface area contributed by atoms with Crippen molar-refractivity contribution < 1.29 is 13.7 Å². The van der Waals surface area contributed by atoms with Gasteiger partial charge in [0, 0.05) is 0 Å². The smallest absolute Gasteiger partial charge is 0.318 e. The van der Waals surface area contributed by atoms with Gasteiger partial charge >= 0.3 is 5.97 Å². The molecule has 2 aromatic carbocycles. The molecule has 0 bridgehead atoms. The van der Waals surface area contributed by atoms with Crippen molar-refractivity contribution in [3.8, 4) is 16.2 Å². The highest BCUT2D eigenvalue weighted by Gasteiger charge is 2.18. The van der Waals surface area contributed by atoms with E-state index < -0.39 is 0 Å². The Balaban J connectivity index is 1.59. The summed E-state index contributed by atoms with van der Waals surface area (Å²) in [6.07, 6.45) is 0.394. The minimum absolute atomic E-state index is 0.0767. The van der Waals surface area contributed by atoms with Crippen LogP contribution in [0.2, 0.25) is 0 Å².